The highest BCUT2D eigenvalue weighted by Gasteiger charge is 2.00. The molecule has 144 valence electrons. The lowest BCUT2D eigenvalue weighted by Gasteiger charge is -2.01. The molecule has 0 amide bonds. The van der Waals surface area contributed by atoms with Crippen molar-refractivity contribution in [3.05, 3.63) is 97.1 Å². The van der Waals surface area contributed by atoms with Crippen molar-refractivity contribution in [1.29, 1.82) is 0 Å². The number of allylic oxidation sites excluding steroid dienone is 1. The van der Waals surface area contributed by atoms with Crippen LogP contribution in [0.5, 0.6) is 0 Å². The van der Waals surface area contributed by atoms with Crippen LogP contribution in [-0.2, 0) is 9.53 Å². The van der Waals surface area contributed by atoms with Crippen LogP contribution in [0.3, 0.4) is 0 Å². The normalized spacial score (nSPS) is 8.85. The van der Waals surface area contributed by atoms with E-state index in [1.54, 1.807) is 6.92 Å². The van der Waals surface area contributed by atoms with Crippen molar-refractivity contribution < 1.29 is 9.53 Å². The summed E-state index contributed by atoms with van der Waals surface area (Å²) in [5.41, 5.74) is 3.98. The van der Waals surface area contributed by atoms with Gasteiger partial charge in [0.05, 0.1) is 6.61 Å². The summed E-state index contributed by atoms with van der Waals surface area (Å²) in [6.45, 7) is 17.1. The van der Waals surface area contributed by atoms with E-state index in [1.807, 2.05) is 61.5 Å². The van der Waals surface area contributed by atoms with Crippen molar-refractivity contribution >= 4 is 17.6 Å². The molecule has 2 aromatic rings. The summed E-state index contributed by atoms with van der Waals surface area (Å²) in [5.74, 6) is -0.284. The molecule has 0 fully saturated rings. The van der Waals surface area contributed by atoms with Crippen LogP contribution < -0.4 is 0 Å². The first kappa shape index (κ1) is 24.1. The average molecular weight is 365 g/mol. The summed E-state index contributed by atoms with van der Waals surface area (Å²) in [7, 11) is 0. The fourth-order valence-electron chi connectivity index (χ4n) is 1.74. The van der Waals surface area contributed by atoms with E-state index in [2.05, 4.69) is 38.8 Å². The first-order valence-corrected chi connectivity index (χ1v) is 9.13. The van der Waals surface area contributed by atoms with Crippen molar-refractivity contribution in [1.82, 2.24) is 0 Å². The Morgan fingerprint density at radius 1 is 0.963 bits per heavy atom. The van der Waals surface area contributed by atoms with E-state index in [-0.39, 0.29) is 5.97 Å². The molecule has 2 rings (SSSR count). The number of ether oxygens (including phenoxy) is 1. The van der Waals surface area contributed by atoms with Gasteiger partial charge in [0.15, 0.2) is 0 Å². The molecule has 0 unspecified atom stereocenters. The molecule has 0 N–H and O–H groups in total. The Morgan fingerprint density at radius 2 is 1.48 bits per heavy atom. The minimum atomic E-state index is -0.284. The number of hydrogen-bond acceptors (Lipinski definition) is 2. The van der Waals surface area contributed by atoms with Crippen molar-refractivity contribution in [3.63, 3.8) is 0 Å². The van der Waals surface area contributed by atoms with Gasteiger partial charge >= 0.3 is 5.97 Å². The summed E-state index contributed by atoms with van der Waals surface area (Å²) in [5, 5.41) is 0. The summed E-state index contributed by atoms with van der Waals surface area (Å²) in [6, 6.07) is 20.2. The predicted octanol–water partition coefficient (Wildman–Crippen LogP) is 6.96. The molecule has 0 saturated carbocycles. The minimum absolute atomic E-state index is 0.284. The average Bonchev–Trinajstić information content (AvgIpc) is 2.70. The van der Waals surface area contributed by atoms with Crippen LogP contribution >= 0.6 is 0 Å². The van der Waals surface area contributed by atoms with Crippen molar-refractivity contribution in [2.45, 2.75) is 33.6 Å². The number of rotatable bonds is 6. The fourth-order valence-corrected chi connectivity index (χ4v) is 1.74. The monoisotopic (exact) mass is 364 g/mol. The molecule has 0 aliphatic rings. The molecule has 0 radical (unpaired) electrons. The second kappa shape index (κ2) is 15.4. The maximum atomic E-state index is 10.7. The zero-order chi connectivity index (χ0) is 20.5. The van der Waals surface area contributed by atoms with Crippen LogP contribution in [0.2, 0.25) is 0 Å². The number of unbranched alkanes of at least 4 members (excludes halogenated alkanes) is 1. The van der Waals surface area contributed by atoms with Crippen molar-refractivity contribution in [3.8, 4) is 0 Å². The third kappa shape index (κ3) is 13.1. The summed E-state index contributed by atoms with van der Waals surface area (Å²) >= 11 is 0. The van der Waals surface area contributed by atoms with E-state index < -0.39 is 0 Å². The maximum Gasteiger partial charge on any atom is 0.333 e. The van der Waals surface area contributed by atoms with Crippen LogP contribution in [0.15, 0.2) is 86.0 Å². The molecule has 0 spiro atoms. The third-order valence-corrected chi connectivity index (χ3v) is 3.38. The van der Waals surface area contributed by atoms with Gasteiger partial charge in [0.2, 0.25) is 0 Å². The summed E-state index contributed by atoms with van der Waals surface area (Å²) < 4.78 is 4.81. The molecule has 0 aromatic heterocycles. The smallest absolute Gasteiger partial charge is 0.333 e. The molecular formula is C25H32O2. The summed E-state index contributed by atoms with van der Waals surface area (Å²) in [4.78, 5) is 10.7. The summed E-state index contributed by atoms with van der Waals surface area (Å²) in [6.07, 6.45) is 3.81. The topological polar surface area (TPSA) is 26.3 Å². The molecular weight excluding hydrogens is 332 g/mol. The lowest BCUT2D eigenvalue weighted by Crippen LogP contribution is -2.05. The molecule has 0 aliphatic carbocycles. The number of carbonyl (C=O) groups is 1. The highest BCUT2D eigenvalue weighted by molar-refractivity contribution is 5.86. The largest absolute Gasteiger partial charge is 0.462 e. The first-order valence-electron chi connectivity index (χ1n) is 9.13. The third-order valence-electron chi connectivity index (χ3n) is 3.38. The standard InChI is InChI=1S/C9H10.C8H14O2.C8H8/c1-8(2)9-6-4-3-5-7-9;1-4-5-6-10-8(9)7(2)3;1-2-8-6-4-3-5-7-8/h3-7H,1H2,2H3;2,4-6H2,1,3H3;2-7H,1H2. The van der Waals surface area contributed by atoms with E-state index >= 15 is 0 Å². The van der Waals surface area contributed by atoms with Crippen LogP contribution in [-0.4, -0.2) is 12.6 Å². The molecule has 0 bridgehead atoms. The number of esters is 1. The van der Waals surface area contributed by atoms with Gasteiger partial charge in [0.1, 0.15) is 0 Å². The van der Waals surface area contributed by atoms with Gasteiger partial charge in [-0.3, -0.25) is 0 Å². The SMILES string of the molecule is C=C(C)C(=O)OCCCC.C=C(C)c1ccccc1.C=Cc1ccccc1. The van der Waals surface area contributed by atoms with Crippen molar-refractivity contribution in [2.75, 3.05) is 6.61 Å². The lowest BCUT2D eigenvalue weighted by atomic mass is 10.1. The Morgan fingerprint density at radius 3 is 1.81 bits per heavy atom. The van der Waals surface area contributed by atoms with E-state index in [1.165, 1.54) is 11.1 Å². The molecule has 2 nitrogen and oxygen atoms in total. The fraction of sp³-hybridized carbons (Fsp3) is 0.240. The Balaban J connectivity index is 0.000000377. The van der Waals surface area contributed by atoms with Gasteiger partial charge in [-0.05, 0) is 31.4 Å². The van der Waals surface area contributed by atoms with Gasteiger partial charge in [0, 0.05) is 5.57 Å². The lowest BCUT2D eigenvalue weighted by molar-refractivity contribution is -0.139. The first-order chi connectivity index (χ1) is 12.9. The Hall–Kier alpha value is -2.87. The number of carbonyl (C=O) groups excluding carboxylic acids is 1. The van der Waals surface area contributed by atoms with Crippen LogP contribution in [0.4, 0.5) is 0 Å². The van der Waals surface area contributed by atoms with Gasteiger partial charge in [-0.2, -0.15) is 0 Å². The molecule has 0 heterocycles. The highest BCUT2D eigenvalue weighted by Crippen LogP contribution is 2.08. The Bertz CT molecular complexity index is 685. The zero-order valence-corrected chi connectivity index (χ0v) is 16.9. The van der Waals surface area contributed by atoms with Gasteiger partial charge in [0.25, 0.3) is 0 Å². The highest BCUT2D eigenvalue weighted by atomic mass is 16.5. The number of benzene rings is 2. The Labute approximate surface area is 164 Å². The minimum Gasteiger partial charge on any atom is -0.462 e. The van der Waals surface area contributed by atoms with Crippen LogP contribution in [0, 0.1) is 0 Å². The Kier molecular flexibility index (Phi) is 13.8. The molecule has 2 aromatic carbocycles. The second-order valence-corrected chi connectivity index (χ2v) is 6.03. The predicted molar refractivity (Wildman–Crippen MR) is 118 cm³/mol. The maximum absolute atomic E-state index is 10.7. The zero-order valence-electron chi connectivity index (χ0n) is 16.9. The second-order valence-electron chi connectivity index (χ2n) is 6.03. The van der Waals surface area contributed by atoms with Crippen molar-refractivity contribution in [2.24, 2.45) is 0 Å². The van der Waals surface area contributed by atoms with Gasteiger partial charge in [-0.25, -0.2) is 4.79 Å². The van der Waals surface area contributed by atoms with E-state index in [0.717, 1.165) is 18.4 Å². The van der Waals surface area contributed by atoms with E-state index in [9.17, 15) is 4.79 Å². The molecule has 0 atom stereocenters. The van der Waals surface area contributed by atoms with Crippen LogP contribution in [0.1, 0.15) is 44.7 Å². The molecule has 0 saturated heterocycles. The molecule has 27 heavy (non-hydrogen) atoms. The van der Waals surface area contributed by atoms with Gasteiger partial charge in [-0.1, -0.05) is 105 Å². The van der Waals surface area contributed by atoms with E-state index in [4.69, 9.17) is 4.74 Å². The van der Waals surface area contributed by atoms with Crippen LogP contribution in [0.25, 0.3) is 11.6 Å². The van der Waals surface area contributed by atoms with E-state index in [0.29, 0.717) is 12.2 Å². The van der Waals surface area contributed by atoms with Gasteiger partial charge in [-0.15, -0.1) is 0 Å². The molecule has 2 heteroatoms. The number of hydrogen-bond donors (Lipinski definition) is 0. The molecule has 0 aliphatic heterocycles. The quantitative estimate of drug-likeness (QED) is 0.315. The van der Waals surface area contributed by atoms with Gasteiger partial charge < -0.3 is 4.74 Å².